The van der Waals surface area contributed by atoms with E-state index in [-0.39, 0.29) is 36.3 Å². The highest BCUT2D eigenvalue weighted by molar-refractivity contribution is 6.42. The third kappa shape index (κ3) is 6.26. The number of fused-ring (bicyclic) bond motifs is 1. The number of benzene rings is 3. The highest BCUT2D eigenvalue weighted by Gasteiger charge is 2.27. The maximum Gasteiger partial charge on any atom is 0.311 e. The van der Waals surface area contributed by atoms with Gasteiger partial charge in [-0.2, -0.15) is 0 Å². The first-order valence-electron chi connectivity index (χ1n) is 11.7. The minimum atomic E-state index is -0.543. The summed E-state index contributed by atoms with van der Waals surface area (Å²) < 4.78 is 4.76. The SMILES string of the molecule is COC(=O)CC1=Nc2ccc(NC(=O)c3ccc(C(=N)N)cc3)cc2CN(CCc2ccccc2)C1=O. The van der Waals surface area contributed by atoms with Gasteiger partial charge in [0.1, 0.15) is 11.5 Å². The Balaban J connectivity index is 1.58. The van der Waals surface area contributed by atoms with Gasteiger partial charge in [-0.15, -0.1) is 0 Å². The Morgan fingerprint density at radius 2 is 1.76 bits per heavy atom. The molecule has 1 aliphatic heterocycles. The number of amidine groups is 1. The highest BCUT2D eigenvalue weighted by Crippen LogP contribution is 2.29. The number of amides is 2. The van der Waals surface area contributed by atoms with E-state index in [1.165, 1.54) is 7.11 Å². The van der Waals surface area contributed by atoms with Crippen molar-refractivity contribution >= 4 is 40.7 Å². The number of methoxy groups -OCH3 is 1. The Morgan fingerprint density at radius 3 is 2.43 bits per heavy atom. The number of carbonyl (C=O) groups excluding carboxylic acids is 3. The molecule has 4 rings (SSSR count). The zero-order valence-electron chi connectivity index (χ0n) is 20.4. The van der Waals surface area contributed by atoms with Crippen LogP contribution in [0.3, 0.4) is 0 Å². The van der Waals surface area contributed by atoms with Crippen molar-refractivity contribution in [3.8, 4) is 0 Å². The van der Waals surface area contributed by atoms with Crippen molar-refractivity contribution in [2.75, 3.05) is 19.0 Å². The van der Waals surface area contributed by atoms with Gasteiger partial charge < -0.3 is 20.7 Å². The smallest absolute Gasteiger partial charge is 0.311 e. The molecule has 188 valence electrons. The van der Waals surface area contributed by atoms with E-state index in [1.54, 1.807) is 47.4 Å². The van der Waals surface area contributed by atoms with Crippen LogP contribution in [0.15, 0.2) is 77.8 Å². The lowest BCUT2D eigenvalue weighted by molar-refractivity contribution is -0.139. The molecular formula is C28H27N5O4. The second-order valence-corrected chi connectivity index (χ2v) is 8.56. The summed E-state index contributed by atoms with van der Waals surface area (Å²) in [5.74, 6) is -1.27. The van der Waals surface area contributed by atoms with E-state index in [2.05, 4.69) is 10.3 Å². The molecule has 3 aromatic carbocycles. The number of anilines is 1. The number of ether oxygens (including phenoxy) is 1. The van der Waals surface area contributed by atoms with Gasteiger partial charge in [-0.1, -0.05) is 42.5 Å². The lowest BCUT2D eigenvalue weighted by Gasteiger charge is -2.22. The average molecular weight is 498 g/mol. The molecule has 0 aliphatic carbocycles. The lowest BCUT2D eigenvalue weighted by Crippen LogP contribution is -2.37. The van der Waals surface area contributed by atoms with Crippen LogP contribution in [0.5, 0.6) is 0 Å². The van der Waals surface area contributed by atoms with Crippen LogP contribution in [0.25, 0.3) is 0 Å². The van der Waals surface area contributed by atoms with Crippen molar-refractivity contribution in [3.63, 3.8) is 0 Å². The van der Waals surface area contributed by atoms with Crippen LogP contribution in [0.1, 0.15) is 33.5 Å². The van der Waals surface area contributed by atoms with Crippen LogP contribution < -0.4 is 11.1 Å². The predicted molar refractivity (Wildman–Crippen MR) is 141 cm³/mol. The van der Waals surface area contributed by atoms with Crippen LogP contribution in [0.4, 0.5) is 11.4 Å². The van der Waals surface area contributed by atoms with Crippen LogP contribution in [0, 0.1) is 5.41 Å². The minimum absolute atomic E-state index is 0.0730. The van der Waals surface area contributed by atoms with E-state index in [1.807, 2.05) is 30.3 Å². The summed E-state index contributed by atoms with van der Waals surface area (Å²) in [7, 11) is 1.27. The molecule has 0 radical (unpaired) electrons. The minimum Gasteiger partial charge on any atom is -0.469 e. The fourth-order valence-electron chi connectivity index (χ4n) is 3.97. The summed E-state index contributed by atoms with van der Waals surface area (Å²) in [5, 5.41) is 10.3. The molecule has 0 saturated carbocycles. The summed E-state index contributed by atoms with van der Waals surface area (Å²) >= 11 is 0. The molecule has 3 aromatic rings. The number of nitrogen functional groups attached to an aromatic ring is 1. The molecule has 9 heteroatoms. The number of rotatable bonds is 8. The largest absolute Gasteiger partial charge is 0.469 e. The Kier molecular flexibility index (Phi) is 7.73. The Bertz CT molecular complexity index is 1370. The molecule has 0 spiro atoms. The fourth-order valence-corrected chi connectivity index (χ4v) is 3.97. The van der Waals surface area contributed by atoms with Gasteiger partial charge in [-0.3, -0.25) is 19.8 Å². The van der Waals surface area contributed by atoms with Gasteiger partial charge in [-0.25, -0.2) is 4.99 Å². The standard InChI is InChI=1S/C28H27N5O4/c1-37-25(34)16-24-28(36)33(14-13-18-5-3-2-4-6-18)17-21-15-22(11-12-23(21)32-24)31-27(35)20-9-7-19(8-10-20)26(29)30/h2-12,15H,13-14,16-17H2,1H3,(H3,29,30)(H,31,35). The van der Waals surface area contributed by atoms with Crippen molar-refractivity contribution in [3.05, 3.63) is 95.1 Å². The molecule has 0 saturated heterocycles. The van der Waals surface area contributed by atoms with Gasteiger partial charge in [0.15, 0.2) is 0 Å². The molecule has 0 atom stereocenters. The summed E-state index contributed by atoms with van der Waals surface area (Å²) in [4.78, 5) is 44.2. The highest BCUT2D eigenvalue weighted by atomic mass is 16.5. The third-order valence-corrected chi connectivity index (χ3v) is 6.00. The maximum atomic E-state index is 13.3. The second kappa shape index (κ2) is 11.3. The molecule has 2 amide bonds. The van der Waals surface area contributed by atoms with Crippen molar-refractivity contribution in [2.24, 2.45) is 10.7 Å². The molecule has 37 heavy (non-hydrogen) atoms. The number of hydrogen-bond acceptors (Lipinski definition) is 6. The number of nitrogens with two attached hydrogens (primary N) is 1. The van der Waals surface area contributed by atoms with Gasteiger partial charge in [0, 0.05) is 29.9 Å². The number of nitrogens with one attached hydrogen (secondary N) is 2. The normalized spacial score (nSPS) is 12.7. The topological polar surface area (TPSA) is 138 Å². The van der Waals surface area contributed by atoms with Crippen LogP contribution >= 0.6 is 0 Å². The number of nitrogens with zero attached hydrogens (tertiary/aromatic N) is 2. The number of hydrogen-bond donors (Lipinski definition) is 3. The Hall–Kier alpha value is -4.79. The molecule has 9 nitrogen and oxygen atoms in total. The van der Waals surface area contributed by atoms with Crippen molar-refractivity contribution in [2.45, 2.75) is 19.4 Å². The monoisotopic (exact) mass is 497 g/mol. The first-order valence-corrected chi connectivity index (χ1v) is 11.7. The third-order valence-electron chi connectivity index (χ3n) is 6.00. The zero-order chi connectivity index (χ0) is 26.4. The number of aliphatic imine (C=N–C) groups is 1. The van der Waals surface area contributed by atoms with Crippen LogP contribution in [-0.2, 0) is 27.3 Å². The van der Waals surface area contributed by atoms with E-state index >= 15 is 0 Å². The summed E-state index contributed by atoms with van der Waals surface area (Å²) in [6.45, 7) is 0.702. The summed E-state index contributed by atoms with van der Waals surface area (Å²) in [5.41, 5.74) is 9.46. The molecule has 1 aliphatic rings. The molecule has 0 fully saturated rings. The first-order chi connectivity index (χ1) is 17.8. The Morgan fingerprint density at radius 1 is 1.05 bits per heavy atom. The lowest BCUT2D eigenvalue weighted by atomic mass is 10.1. The quantitative estimate of drug-likeness (QED) is 0.249. The molecular weight excluding hydrogens is 470 g/mol. The van der Waals surface area contributed by atoms with E-state index in [0.29, 0.717) is 35.5 Å². The summed E-state index contributed by atoms with van der Waals surface area (Å²) in [6, 6.07) is 21.4. The van der Waals surface area contributed by atoms with E-state index in [4.69, 9.17) is 15.9 Å². The van der Waals surface area contributed by atoms with E-state index < -0.39 is 5.97 Å². The first kappa shape index (κ1) is 25.3. The van der Waals surface area contributed by atoms with E-state index in [9.17, 15) is 14.4 Å². The van der Waals surface area contributed by atoms with Gasteiger partial charge in [0.25, 0.3) is 11.8 Å². The molecule has 0 aromatic heterocycles. The number of carbonyl (C=O) groups is 3. The predicted octanol–water partition coefficient (Wildman–Crippen LogP) is 3.44. The summed E-state index contributed by atoms with van der Waals surface area (Å²) in [6.07, 6.45) is 0.408. The zero-order valence-corrected chi connectivity index (χ0v) is 20.4. The maximum absolute atomic E-state index is 13.3. The van der Waals surface area contributed by atoms with Gasteiger partial charge >= 0.3 is 5.97 Å². The Labute approximate surface area is 214 Å². The molecule has 0 bridgehead atoms. The fraction of sp³-hybridized carbons (Fsp3) is 0.179. The van der Waals surface area contributed by atoms with Crippen molar-refractivity contribution in [1.82, 2.24) is 4.90 Å². The number of esters is 1. The average Bonchev–Trinajstić information content (AvgIpc) is 3.03. The van der Waals surface area contributed by atoms with E-state index in [0.717, 1.165) is 11.1 Å². The van der Waals surface area contributed by atoms with Gasteiger partial charge in [-0.05, 0) is 47.9 Å². The molecule has 0 unspecified atom stereocenters. The van der Waals surface area contributed by atoms with Gasteiger partial charge in [0.2, 0.25) is 0 Å². The molecule has 1 heterocycles. The second-order valence-electron chi connectivity index (χ2n) is 8.56. The van der Waals surface area contributed by atoms with Gasteiger partial charge in [0.05, 0.1) is 19.2 Å². The van der Waals surface area contributed by atoms with Crippen molar-refractivity contribution in [1.29, 1.82) is 5.41 Å². The van der Waals surface area contributed by atoms with Crippen molar-refractivity contribution < 1.29 is 19.1 Å². The van der Waals surface area contributed by atoms with Crippen LogP contribution in [-0.4, -0.2) is 47.9 Å². The molecule has 4 N–H and O–H groups in total. The van der Waals surface area contributed by atoms with Crippen LogP contribution in [0.2, 0.25) is 0 Å².